The van der Waals surface area contributed by atoms with Crippen LogP contribution in [0.15, 0.2) is 72.0 Å². The number of phenols is 2. The Hall–Kier alpha value is -4.46. The molecule has 0 saturated heterocycles. The van der Waals surface area contributed by atoms with Crippen LogP contribution in [-0.2, 0) is 10.9 Å². The monoisotopic (exact) mass is 503 g/mol. The molecule has 8 heteroatoms. The summed E-state index contributed by atoms with van der Waals surface area (Å²) in [5.41, 5.74) is 5.07. The molecule has 0 unspecified atom stereocenters. The molecular weight excluding hydrogens is 478 g/mol. The van der Waals surface area contributed by atoms with E-state index in [1.165, 1.54) is 19.2 Å². The summed E-state index contributed by atoms with van der Waals surface area (Å²) < 4.78 is 39.3. The van der Waals surface area contributed by atoms with Gasteiger partial charge in [0.2, 0.25) is 11.4 Å². The molecule has 0 saturated carbocycles. The smallest absolute Gasteiger partial charge is 0.504 e. The zero-order chi connectivity index (χ0) is 26.6. The van der Waals surface area contributed by atoms with Crippen LogP contribution in [0.3, 0.4) is 0 Å². The summed E-state index contributed by atoms with van der Waals surface area (Å²) in [6.45, 7) is 5.25. The predicted molar refractivity (Wildman–Crippen MR) is 136 cm³/mol. The minimum Gasteiger partial charge on any atom is -0.504 e. The highest BCUT2D eigenvalue weighted by Gasteiger charge is 2.57. The summed E-state index contributed by atoms with van der Waals surface area (Å²) in [6, 6.07) is 12.7. The van der Waals surface area contributed by atoms with Crippen LogP contribution in [0.4, 0.5) is 8.78 Å². The van der Waals surface area contributed by atoms with E-state index >= 15 is 8.78 Å². The molecule has 3 heterocycles. The maximum absolute atomic E-state index is 16.2. The summed E-state index contributed by atoms with van der Waals surface area (Å²) in [4.78, 5) is 12.0. The van der Waals surface area contributed by atoms with E-state index in [-0.39, 0.29) is 17.2 Å². The number of carbonyl (C=O) groups is 1. The number of alkyl halides is 2. The van der Waals surface area contributed by atoms with Crippen LogP contribution in [-0.4, -0.2) is 38.1 Å². The molecule has 0 atom stereocenters. The number of benzene rings is 2. The van der Waals surface area contributed by atoms with E-state index in [0.717, 1.165) is 9.14 Å². The summed E-state index contributed by atoms with van der Waals surface area (Å²) in [7, 11) is 1.30. The molecule has 188 valence electrons. The second-order valence-electron chi connectivity index (χ2n) is 9.12. The molecule has 0 spiro atoms. The number of halogens is 2. The molecule has 2 N–H and O–H groups in total. The third-order valence-electron chi connectivity index (χ3n) is 6.65. The molecule has 0 amide bonds. The first-order valence-corrected chi connectivity index (χ1v) is 11.6. The number of fused-ring (bicyclic) bond motifs is 2. The molecule has 0 radical (unpaired) electrons. The standard InChI is InChI=1S/C29H24F2N2O4/c1-16-13-18(3)32-26(16)25(20-7-9-21(10-8-20)28(36)37-4)27-17(2)14-22(33(27)29(32,30)31)11-5-19-6-12-23(34)24(35)15-19/h5-15H,1-4H3,(H,35,36)/p+1. The molecule has 2 aliphatic rings. The number of rotatable bonds is 4. The third-order valence-corrected chi connectivity index (χ3v) is 6.65. The van der Waals surface area contributed by atoms with Crippen molar-refractivity contribution in [1.29, 1.82) is 0 Å². The van der Waals surface area contributed by atoms with Crippen molar-refractivity contribution in [1.82, 2.24) is 4.57 Å². The number of methoxy groups -OCH3 is 1. The summed E-state index contributed by atoms with van der Waals surface area (Å²) >= 11 is 0. The van der Waals surface area contributed by atoms with Gasteiger partial charge < -0.3 is 14.9 Å². The lowest BCUT2D eigenvalue weighted by atomic mass is 9.93. The van der Waals surface area contributed by atoms with Crippen LogP contribution in [0.1, 0.15) is 45.4 Å². The minimum atomic E-state index is -3.40. The number of esters is 1. The van der Waals surface area contributed by atoms with Gasteiger partial charge in [0.15, 0.2) is 11.5 Å². The number of carbonyl (C=O) groups excluding carboxylic acids is 1. The Morgan fingerprint density at radius 2 is 1.70 bits per heavy atom. The van der Waals surface area contributed by atoms with Gasteiger partial charge in [0.05, 0.1) is 23.9 Å². The topological polar surface area (TPSA) is 74.7 Å². The first kappa shape index (κ1) is 24.2. The van der Waals surface area contributed by atoms with Gasteiger partial charge in [0.1, 0.15) is 0 Å². The lowest BCUT2D eigenvalue weighted by Crippen LogP contribution is -2.43. The molecule has 6 nitrogen and oxygen atoms in total. The second-order valence-corrected chi connectivity index (χ2v) is 9.12. The number of aryl methyl sites for hydroxylation is 2. The van der Waals surface area contributed by atoms with E-state index in [1.54, 1.807) is 68.5 Å². The molecule has 1 aromatic heterocycles. The van der Waals surface area contributed by atoms with Crippen LogP contribution in [0.5, 0.6) is 11.5 Å². The summed E-state index contributed by atoms with van der Waals surface area (Å²) in [5, 5.41) is 19.4. The Morgan fingerprint density at radius 3 is 2.35 bits per heavy atom. The Labute approximate surface area is 212 Å². The van der Waals surface area contributed by atoms with Crippen LogP contribution in [0.2, 0.25) is 0 Å². The number of aromatic nitrogens is 1. The lowest BCUT2D eigenvalue weighted by Gasteiger charge is -2.27. The van der Waals surface area contributed by atoms with Crippen molar-refractivity contribution < 1.29 is 33.1 Å². The third kappa shape index (κ3) is 3.76. The van der Waals surface area contributed by atoms with Crippen molar-refractivity contribution in [2.24, 2.45) is 0 Å². The molecule has 2 aliphatic heterocycles. The molecule has 2 aromatic carbocycles. The van der Waals surface area contributed by atoms with Crippen molar-refractivity contribution in [2.75, 3.05) is 7.11 Å². The maximum atomic E-state index is 16.2. The van der Waals surface area contributed by atoms with Gasteiger partial charge in [0, 0.05) is 23.4 Å². The number of hydrogen-bond acceptors (Lipinski definition) is 4. The van der Waals surface area contributed by atoms with E-state index in [9.17, 15) is 15.0 Å². The van der Waals surface area contributed by atoms with Gasteiger partial charge in [0.25, 0.3) is 0 Å². The van der Waals surface area contributed by atoms with Gasteiger partial charge in [-0.3, -0.25) is 0 Å². The van der Waals surface area contributed by atoms with Crippen LogP contribution in [0, 0.1) is 13.8 Å². The highest BCUT2D eigenvalue weighted by atomic mass is 19.3. The van der Waals surface area contributed by atoms with Crippen molar-refractivity contribution in [3.05, 3.63) is 106 Å². The second kappa shape index (κ2) is 8.58. The van der Waals surface area contributed by atoms with Gasteiger partial charge in [-0.05, 0) is 73.9 Å². The molecule has 0 fully saturated rings. The normalized spacial score (nSPS) is 16.2. The van der Waals surface area contributed by atoms with E-state index in [0.29, 0.717) is 50.5 Å². The highest BCUT2D eigenvalue weighted by Crippen LogP contribution is 2.47. The van der Waals surface area contributed by atoms with Gasteiger partial charge in [-0.15, -0.1) is 13.4 Å². The Bertz CT molecular complexity index is 1590. The van der Waals surface area contributed by atoms with Crippen LogP contribution in [0.25, 0.3) is 11.6 Å². The van der Waals surface area contributed by atoms with Gasteiger partial charge in [-0.2, -0.15) is 0 Å². The first-order valence-electron chi connectivity index (χ1n) is 11.6. The first-order chi connectivity index (χ1) is 17.5. The fourth-order valence-corrected chi connectivity index (χ4v) is 5.04. The van der Waals surface area contributed by atoms with Crippen molar-refractivity contribution in [2.45, 2.75) is 26.9 Å². The average Bonchev–Trinajstić information content (AvgIpc) is 3.36. The summed E-state index contributed by atoms with van der Waals surface area (Å²) in [5.74, 6) is -1.03. The number of allylic oxidation sites excluding steroid dienone is 3. The quantitative estimate of drug-likeness (QED) is 0.207. The fourth-order valence-electron chi connectivity index (χ4n) is 5.04. The molecule has 0 bridgehead atoms. The zero-order valence-corrected chi connectivity index (χ0v) is 20.7. The number of phenolic OH excluding ortho intramolecular Hbond substituents is 2. The molecule has 37 heavy (non-hydrogen) atoms. The van der Waals surface area contributed by atoms with Crippen LogP contribution < -0.4 is 0 Å². The minimum absolute atomic E-state index is 0.261. The molecular formula is C29H25F2N2O4+. The highest BCUT2D eigenvalue weighted by molar-refractivity contribution is 6.07. The molecule has 3 aromatic rings. The van der Waals surface area contributed by atoms with Crippen molar-refractivity contribution in [3.63, 3.8) is 0 Å². The molecule has 0 aliphatic carbocycles. The van der Waals surface area contributed by atoms with Gasteiger partial charge >= 0.3 is 12.1 Å². The number of hydrogen-bond donors (Lipinski definition) is 2. The number of ether oxygens (including phenoxy) is 1. The van der Waals surface area contributed by atoms with Gasteiger partial charge in [-0.25, -0.2) is 9.36 Å². The van der Waals surface area contributed by atoms with Crippen molar-refractivity contribution >= 4 is 23.3 Å². The Morgan fingerprint density at radius 1 is 1.00 bits per heavy atom. The molecule has 5 rings (SSSR count). The van der Waals surface area contributed by atoms with Gasteiger partial charge in [-0.1, -0.05) is 18.2 Å². The van der Waals surface area contributed by atoms with Crippen LogP contribution >= 0.6 is 0 Å². The number of nitrogens with zero attached hydrogens (tertiary/aromatic N) is 2. The fraction of sp³-hybridized carbons (Fsp3) is 0.172. The Kier molecular flexibility index (Phi) is 5.62. The largest absolute Gasteiger partial charge is 0.565 e. The predicted octanol–water partition coefficient (Wildman–Crippen LogP) is 5.71. The van der Waals surface area contributed by atoms with E-state index in [1.807, 2.05) is 6.92 Å². The zero-order valence-electron chi connectivity index (χ0n) is 20.7. The Balaban J connectivity index is 1.75. The number of aromatic hydroxyl groups is 2. The maximum Gasteiger partial charge on any atom is 0.565 e. The summed E-state index contributed by atoms with van der Waals surface area (Å²) in [6.07, 6.45) is 1.46. The van der Waals surface area contributed by atoms with E-state index < -0.39 is 12.1 Å². The van der Waals surface area contributed by atoms with E-state index in [4.69, 9.17) is 4.74 Å². The van der Waals surface area contributed by atoms with E-state index in [2.05, 4.69) is 0 Å². The SMILES string of the molecule is COC(=O)c1ccc(C2=C3C(C)=CC(C=Cc4ccc(O)c(O)c4)=[N+]3C(F)(F)n3c(C)cc(C)c32)cc1. The lowest BCUT2D eigenvalue weighted by molar-refractivity contribution is -0.674. The van der Waals surface area contributed by atoms with Crippen molar-refractivity contribution in [3.8, 4) is 11.5 Å². The average molecular weight is 504 g/mol.